The molecule has 0 atom stereocenters. The fourth-order valence-electron chi connectivity index (χ4n) is 2.26. The fraction of sp³-hybridized carbons (Fsp3) is 0. The first-order valence-electron chi connectivity index (χ1n) is 6.53. The van der Waals surface area contributed by atoms with E-state index >= 15 is 0 Å². The summed E-state index contributed by atoms with van der Waals surface area (Å²) >= 11 is 5.94. The van der Waals surface area contributed by atoms with Gasteiger partial charge in [-0.2, -0.15) is 0 Å². The first-order chi connectivity index (χ1) is 10.5. The van der Waals surface area contributed by atoms with Crippen molar-refractivity contribution < 1.29 is 9.72 Å². The van der Waals surface area contributed by atoms with Crippen LogP contribution in [0.15, 0.2) is 60.7 Å². The SMILES string of the molecule is O=C(c1ccc([N+](=O)[O-])cc1)c1ccc2cc(Cl)ccc2c1. The molecule has 0 heterocycles. The molecule has 0 N–H and O–H groups in total. The molecule has 0 aliphatic heterocycles. The van der Waals surface area contributed by atoms with Crippen molar-refractivity contribution in [3.8, 4) is 0 Å². The molecule has 0 fully saturated rings. The number of hydrogen-bond donors (Lipinski definition) is 0. The number of carbonyl (C=O) groups excluding carboxylic acids is 1. The van der Waals surface area contributed by atoms with Gasteiger partial charge in [0.25, 0.3) is 5.69 Å². The maximum Gasteiger partial charge on any atom is 0.269 e. The minimum absolute atomic E-state index is 0.0373. The van der Waals surface area contributed by atoms with Crippen molar-refractivity contribution in [3.05, 3.63) is 86.9 Å². The Hall–Kier alpha value is -2.72. The highest BCUT2D eigenvalue weighted by molar-refractivity contribution is 6.31. The summed E-state index contributed by atoms with van der Waals surface area (Å²) in [4.78, 5) is 22.6. The van der Waals surface area contributed by atoms with Crippen LogP contribution in [-0.4, -0.2) is 10.7 Å². The van der Waals surface area contributed by atoms with E-state index in [1.165, 1.54) is 24.3 Å². The van der Waals surface area contributed by atoms with E-state index in [0.717, 1.165) is 10.8 Å². The third-order valence-electron chi connectivity index (χ3n) is 3.40. The molecule has 3 rings (SSSR count). The zero-order chi connectivity index (χ0) is 15.7. The Kier molecular flexibility index (Phi) is 3.61. The maximum absolute atomic E-state index is 12.4. The van der Waals surface area contributed by atoms with Crippen molar-refractivity contribution in [1.29, 1.82) is 0 Å². The van der Waals surface area contributed by atoms with E-state index in [1.54, 1.807) is 18.2 Å². The molecule has 0 aliphatic carbocycles. The molecule has 0 aliphatic rings. The molecule has 0 saturated carbocycles. The zero-order valence-corrected chi connectivity index (χ0v) is 12.1. The fourth-order valence-corrected chi connectivity index (χ4v) is 2.44. The van der Waals surface area contributed by atoms with Crippen LogP contribution in [0.2, 0.25) is 5.02 Å². The molecule has 5 heteroatoms. The van der Waals surface area contributed by atoms with Gasteiger partial charge in [-0.25, -0.2) is 0 Å². The molecule has 0 radical (unpaired) electrons. The summed E-state index contributed by atoms with van der Waals surface area (Å²) in [7, 11) is 0. The number of carbonyl (C=O) groups is 1. The van der Waals surface area contributed by atoms with Crippen molar-refractivity contribution in [2.75, 3.05) is 0 Å². The second-order valence-electron chi connectivity index (χ2n) is 4.84. The van der Waals surface area contributed by atoms with Crippen molar-refractivity contribution in [2.24, 2.45) is 0 Å². The van der Waals surface area contributed by atoms with E-state index in [2.05, 4.69) is 0 Å². The number of nitro groups is 1. The van der Waals surface area contributed by atoms with Gasteiger partial charge in [0, 0.05) is 28.3 Å². The minimum atomic E-state index is -0.492. The number of hydrogen-bond acceptors (Lipinski definition) is 3. The summed E-state index contributed by atoms with van der Waals surface area (Å²) in [6, 6.07) is 16.4. The standard InChI is InChI=1S/C17H10ClNO3/c18-15-6-3-12-9-14(2-1-13(12)10-15)17(20)11-4-7-16(8-5-11)19(21)22/h1-10H. The van der Waals surface area contributed by atoms with Gasteiger partial charge in [0.05, 0.1) is 4.92 Å². The van der Waals surface area contributed by atoms with Crippen LogP contribution in [0.4, 0.5) is 5.69 Å². The van der Waals surface area contributed by atoms with E-state index in [9.17, 15) is 14.9 Å². The number of nitrogens with zero attached hydrogens (tertiary/aromatic N) is 1. The van der Waals surface area contributed by atoms with Crippen LogP contribution in [0.1, 0.15) is 15.9 Å². The van der Waals surface area contributed by atoms with Gasteiger partial charge in [-0.15, -0.1) is 0 Å². The number of benzene rings is 3. The zero-order valence-electron chi connectivity index (χ0n) is 11.3. The molecule has 4 nitrogen and oxygen atoms in total. The lowest BCUT2D eigenvalue weighted by atomic mass is 10.00. The largest absolute Gasteiger partial charge is 0.289 e. The summed E-state index contributed by atoms with van der Waals surface area (Å²) in [5.74, 6) is -0.174. The van der Waals surface area contributed by atoms with Crippen LogP contribution < -0.4 is 0 Å². The highest BCUT2D eigenvalue weighted by atomic mass is 35.5. The Bertz CT molecular complexity index is 888. The summed E-state index contributed by atoms with van der Waals surface area (Å²) < 4.78 is 0. The Morgan fingerprint density at radius 2 is 1.45 bits per heavy atom. The monoisotopic (exact) mass is 311 g/mol. The van der Waals surface area contributed by atoms with Crippen molar-refractivity contribution >= 4 is 33.8 Å². The van der Waals surface area contributed by atoms with Crippen LogP contribution in [0.3, 0.4) is 0 Å². The summed E-state index contributed by atoms with van der Waals surface area (Å²) in [5.41, 5.74) is 0.910. The van der Waals surface area contributed by atoms with Crippen molar-refractivity contribution in [3.63, 3.8) is 0 Å². The molecule has 0 aromatic heterocycles. The maximum atomic E-state index is 12.4. The summed E-state index contributed by atoms with van der Waals surface area (Å²) in [5, 5.41) is 13.1. The van der Waals surface area contributed by atoms with Gasteiger partial charge in [-0.3, -0.25) is 14.9 Å². The highest BCUT2D eigenvalue weighted by Crippen LogP contribution is 2.22. The van der Waals surface area contributed by atoms with E-state index in [0.29, 0.717) is 16.1 Å². The van der Waals surface area contributed by atoms with E-state index in [-0.39, 0.29) is 11.5 Å². The second-order valence-corrected chi connectivity index (χ2v) is 5.28. The third kappa shape index (κ3) is 2.69. The third-order valence-corrected chi connectivity index (χ3v) is 3.64. The number of halogens is 1. The minimum Gasteiger partial charge on any atom is -0.289 e. The Morgan fingerprint density at radius 1 is 0.864 bits per heavy atom. The molecule has 0 unspecified atom stereocenters. The Balaban J connectivity index is 1.97. The summed E-state index contributed by atoms with van der Waals surface area (Å²) in [6.45, 7) is 0. The van der Waals surface area contributed by atoms with Gasteiger partial charge < -0.3 is 0 Å². The number of non-ortho nitro benzene ring substituents is 1. The van der Waals surface area contributed by atoms with Gasteiger partial charge in [-0.05, 0) is 41.1 Å². The van der Waals surface area contributed by atoms with Gasteiger partial charge in [0.15, 0.2) is 5.78 Å². The second kappa shape index (κ2) is 5.58. The molecule has 0 spiro atoms. The lowest BCUT2D eigenvalue weighted by Gasteiger charge is -2.04. The Morgan fingerprint density at radius 3 is 2.14 bits per heavy atom. The molecule has 108 valence electrons. The number of rotatable bonds is 3. The van der Waals surface area contributed by atoms with Crippen molar-refractivity contribution in [1.82, 2.24) is 0 Å². The first-order valence-corrected chi connectivity index (χ1v) is 6.91. The van der Waals surface area contributed by atoms with Gasteiger partial charge in [0.2, 0.25) is 0 Å². The molecule has 0 bridgehead atoms. The highest BCUT2D eigenvalue weighted by Gasteiger charge is 2.12. The molecule has 3 aromatic rings. The molecular formula is C17H10ClNO3. The molecule has 3 aromatic carbocycles. The van der Waals surface area contributed by atoms with Crippen LogP contribution in [0, 0.1) is 10.1 Å². The first kappa shape index (κ1) is 14.2. The lowest BCUT2D eigenvalue weighted by Crippen LogP contribution is -2.01. The van der Waals surface area contributed by atoms with Crippen molar-refractivity contribution in [2.45, 2.75) is 0 Å². The Labute approximate surface area is 131 Å². The summed E-state index contributed by atoms with van der Waals surface area (Å²) in [6.07, 6.45) is 0. The predicted molar refractivity (Wildman–Crippen MR) is 85.5 cm³/mol. The smallest absolute Gasteiger partial charge is 0.269 e. The quantitative estimate of drug-likeness (QED) is 0.402. The molecule has 0 saturated heterocycles. The van der Waals surface area contributed by atoms with Gasteiger partial charge in [-0.1, -0.05) is 29.8 Å². The van der Waals surface area contributed by atoms with Crippen LogP contribution in [-0.2, 0) is 0 Å². The topological polar surface area (TPSA) is 60.2 Å². The van der Waals surface area contributed by atoms with Crippen LogP contribution >= 0.6 is 11.6 Å². The number of ketones is 1. The lowest BCUT2D eigenvalue weighted by molar-refractivity contribution is -0.384. The van der Waals surface area contributed by atoms with Gasteiger partial charge >= 0.3 is 0 Å². The molecule has 0 amide bonds. The normalized spacial score (nSPS) is 10.6. The number of fused-ring (bicyclic) bond motifs is 1. The van der Waals surface area contributed by atoms with E-state index < -0.39 is 4.92 Å². The van der Waals surface area contributed by atoms with E-state index in [4.69, 9.17) is 11.6 Å². The number of nitro benzene ring substituents is 1. The average molecular weight is 312 g/mol. The molecular weight excluding hydrogens is 302 g/mol. The average Bonchev–Trinajstić information content (AvgIpc) is 2.53. The van der Waals surface area contributed by atoms with Crippen LogP contribution in [0.5, 0.6) is 0 Å². The van der Waals surface area contributed by atoms with Crippen LogP contribution in [0.25, 0.3) is 10.8 Å². The van der Waals surface area contributed by atoms with Gasteiger partial charge in [0.1, 0.15) is 0 Å². The van der Waals surface area contributed by atoms with E-state index in [1.807, 2.05) is 18.2 Å². The predicted octanol–water partition coefficient (Wildman–Crippen LogP) is 4.63. The molecule has 22 heavy (non-hydrogen) atoms.